The first-order valence-corrected chi connectivity index (χ1v) is 8.86. The van der Waals surface area contributed by atoms with Gasteiger partial charge in [-0.15, -0.1) is 0 Å². The summed E-state index contributed by atoms with van der Waals surface area (Å²) in [5.41, 5.74) is 9.69. The van der Waals surface area contributed by atoms with Crippen LogP contribution in [0.5, 0.6) is 11.5 Å². The van der Waals surface area contributed by atoms with Crippen LogP contribution in [0.4, 0.5) is 0 Å². The highest BCUT2D eigenvalue weighted by Crippen LogP contribution is 2.34. The average molecular weight is 366 g/mol. The fraction of sp³-hybridized carbons (Fsp3) is 0.286. The van der Waals surface area contributed by atoms with E-state index in [1.807, 2.05) is 12.1 Å². The Balaban J connectivity index is 1.60. The van der Waals surface area contributed by atoms with E-state index in [1.165, 1.54) is 11.1 Å². The molecule has 2 aromatic carbocycles. The van der Waals surface area contributed by atoms with Crippen molar-refractivity contribution in [3.8, 4) is 11.5 Å². The van der Waals surface area contributed by atoms with Crippen molar-refractivity contribution in [1.29, 1.82) is 0 Å². The third-order valence-electron chi connectivity index (χ3n) is 5.09. The molecule has 0 spiro atoms. The van der Waals surface area contributed by atoms with Crippen molar-refractivity contribution in [2.45, 2.75) is 19.5 Å². The summed E-state index contributed by atoms with van der Waals surface area (Å²) in [5, 5.41) is 0.935. The van der Waals surface area contributed by atoms with Gasteiger partial charge in [-0.2, -0.15) is 0 Å². The second-order valence-electron chi connectivity index (χ2n) is 6.74. The number of furan rings is 1. The fourth-order valence-corrected chi connectivity index (χ4v) is 3.70. The first-order chi connectivity index (χ1) is 13.1. The number of amides is 1. The summed E-state index contributed by atoms with van der Waals surface area (Å²) in [6.45, 7) is 2.54. The monoisotopic (exact) mass is 366 g/mol. The Morgan fingerprint density at radius 2 is 1.89 bits per heavy atom. The molecular weight excluding hydrogens is 344 g/mol. The van der Waals surface area contributed by atoms with Crippen molar-refractivity contribution in [3.63, 3.8) is 0 Å². The summed E-state index contributed by atoms with van der Waals surface area (Å²) in [4.78, 5) is 13.8. The highest BCUT2D eigenvalue weighted by Gasteiger charge is 2.21. The van der Waals surface area contributed by atoms with Crippen LogP contribution in [0.3, 0.4) is 0 Å². The maximum Gasteiger partial charge on any atom is 0.284 e. The summed E-state index contributed by atoms with van der Waals surface area (Å²) in [6.07, 6.45) is 0.948. The van der Waals surface area contributed by atoms with Crippen molar-refractivity contribution < 1.29 is 18.7 Å². The number of benzene rings is 2. The Hall–Kier alpha value is -2.99. The summed E-state index contributed by atoms with van der Waals surface area (Å²) in [7, 11) is 3.31. The lowest BCUT2D eigenvalue weighted by atomic mass is 9.98. The Labute approximate surface area is 157 Å². The number of hydrogen-bond acceptors (Lipinski definition) is 5. The van der Waals surface area contributed by atoms with Gasteiger partial charge in [0.15, 0.2) is 17.3 Å². The van der Waals surface area contributed by atoms with E-state index in [9.17, 15) is 4.79 Å². The van der Waals surface area contributed by atoms with E-state index in [0.29, 0.717) is 5.58 Å². The number of nitrogens with zero attached hydrogens (tertiary/aromatic N) is 1. The molecule has 0 saturated heterocycles. The number of rotatable bonds is 5. The summed E-state index contributed by atoms with van der Waals surface area (Å²) in [6, 6.07) is 11.7. The van der Waals surface area contributed by atoms with Crippen molar-refractivity contribution in [3.05, 3.63) is 58.8 Å². The third kappa shape index (κ3) is 3.24. The van der Waals surface area contributed by atoms with Gasteiger partial charge in [0.2, 0.25) is 0 Å². The second kappa shape index (κ2) is 6.96. The molecule has 0 aliphatic carbocycles. The third-order valence-corrected chi connectivity index (χ3v) is 5.09. The Bertz CT molecular complexity index is 1010. The molecular formula is C21H22N2O4. The molecule has 6 heteroatoms. The molecule has 2 N–H and O–H groups in total. The van der Waals surface area contributed by atoms with E-state index in [0.717, 1.165) is 48.5 Å². The molecule has 1 aliphatic rings. The number of nitrogens with two attached hydrogens (primary N) is 1. The minimum absolute atomic E-state index is 0.193. The number of methoxy groups -OCH3 is 2. The molecule has 0 bridgehead atoms. The lowest BCUT2D eigenvalue weighted by molar-refractivity contribution is 0.0976. The van der Waals surface area contributed by atoms with Crippen molar-refractivity contribution in [1.82, 2.24) is 4.90 Å². The molecule has 140 valence electrons. The molecule has 1 aromatic heterocycles. The Morgan fingerprint density at radius 3 is 2.59 bits per heavy atom. The van der Waals surface area contributed by atoms with Gasteiger partial charge in [-0.05, 0) is 47.4 Å². The summed E-state index contributed by atoms with van der Waals surface area (Å²) >= 11 is 0. The minimum atomic E-state index is -0.551. The van der Waals surface area contributed by atoms with Gasteiger partial charge >= 0.3 is 0 Å². The fourth-order valence-electron chi connectivity index (χ4n) is 3.70. The zero-order valence-electron chi connectivity index (χ0n) is 15.5. The van der Waals surface area contributed by atoms with Crippen molar-refractivity contribution >= 4 is 16.9 Å². The van der Waals surface area contributed by atoms with E-state index in [4.69, 9.17) is 19.6 Å². The maximum absolute atomic E-state index is 11.4. The molecule has 1 amide bonds. The van der Waals surface area contributed by atoms with Crippen LogP contribution >= 0.6 is 0 Å². The highest BCUT2D eigenvalue weighted by molar-refractivity contribution is 5.95. The number of primary amides is 1. The molecule has 27 heavy (non-hydrogen) atoms. The molecule has 3 aromatic rings. The van der Waals surface area contributed by atoms with E-state index in [1.54, 1.807) is 20.3 Å². The van der Waals surface area contributed by atoms with Crippen molar-refractivity contribution in [2.75, 3.05) is 20.8 Å². The largest absolute Gasteiger partial charge is 0.493 e. The van der Waals surface area contributed by atoms with E-state index in [-0.39, 0.29) is 5.76 Å². The average Bonchev–Trinajstić information content (AvgIpc) is 3.12. The molecule has 6 nitrogen and oxygen atoms in total. The predicted octanol–water partition coefficient (Wildman–Crippen LogP) is 3.11. The van der Waals surface area contributed by atoms with Crippen LogP contribution in [0.15, 0.2) is 40.8 Å². The smallest absolute Gasteiger partial charge is 0.284 e. The van der Waals surface area contributed by atoms with Gasteiger partial charge in [0.05, 0.1) is 14.2 Å². The maximum atomic E-state index is 11.4. The molecule has 1 aliphatic heterocycles. The first kappa shape index (κ1) is 17.4. The topological polar surface area (TPSA) is 77.9 Å². The quantitative estimate of drug-likeness (QED) is 0.751. The number of carbonyl (C=O) groups is 1. The molecule has 2 heterocycles. The number of carbonyl (C=O) groups excluding carboxylic acids is 1. The van der Waals surface area contributed by atoms with Gasteiger partial charge in [0, 0.05) is 25.0 Å². The van der Waals surface area contributed by atoms with Crippen LogP contribution in [-0.2, 0) is 19.5 Å². The molecule has 0 saturated carbocycles. The van der Waals surface area contributed by atoms with Crippen molar-refractivity contribution in [2.24, 2.45) is 5.73 Å². The van der Waals surface area contributed by atoms with E-state index in [2.05, 4.69) is 23.1 Å². The standard InChI is InChI=1S/C21H22N2O4/c1-25-18-8-13-6-7-23(12-15(13)9-19(18)26-2)11-14-4-3-5-17-16(14)10-20(27-17)21(22)24/h3-5,8-10H,6-7,11-12H2,1-2H3,(H2,22,24). The lowest BCUT2D eigenvalue weighted by Crippen LogP contribution is -2.30. The predicted molar refractivity (Wildman–Crippen MR) is 102 cm³/mol. The molecule has 4 rings (SSSR count). The van der Waals surface area contributed by atoms with Crippen LogP contribution < -0.4 is 15.2 Å². The lowest BCUT2D eigenvalue weighted by Gasteiger charge is -2.29. The van der Waals surface area contributed by atoms with Gasteiger partial charge in [-0.1, -0.05) is 12.1 Å². The van der Waals surface area contributed by atoms with E-state index < -0.39 is 5.91 Å². The van der Waals surface area contributed by atoms with E-state index >= 15 is 0 Å². The Kier molecular flexibility index (Phi) is 4.49. The van der Waals surface area contributed by atoms with Crippen LogP contribution in [0.1, 0.15) is 27.2 Å². The van der Waals surface area contributed by atoms with Crippen LogP contribution in [-0.4, -0.2) is 31.6 Å². The van der Waals surface area contributed by atoms with Gasteiger partial charge in [-0.25, -0.2) is 0 Å². The molecule has 0 fully saturated rings. The summed E-state index contributed by atoms with van der Waals surface area (Å²) in [5.74, 6) is 1.16. The van der Waals surface area contributed by atoms with Crippen LogP contribution in [0.2, 0.25) is 0 Å². The summed E-state index contributed by atoms with van der Waals surface area (Å²) < 4.78 is 16.4. The molecule has 0 radical (unpaired) electrons. The molecule has 0 unspecified atom stereocenters. The SMILES string of the molecule is COc1cc2c(cc1OC)CN(Cc1cccc3oc(C(N)=O)cc13)CC2. The van der Waals surface area contributed by atoms with Crippen LogP contribution in [0.25, 0.3) is 11.0 Å². The molecule has 0 atom stereocenters. The van der Waals surface area contributed by atoms with Crippen LogP contribution in [0, 0.1) is 0 Å². The Morgan fingerprint density at radius 1 is 1.15 bits per heavy atom. The van der Waals surface area contributed by atoms with Gasteiger partial charge in [0.25, 0.3) is 5.91 Å². The zero-order valence-corrected chi connectivity index (χ0v) is 15.5. The number of fused-ring (bicyclic) bond motifs is 2. The second-order valence-corrected chi connectivity index (χ2v) is 6.74. The first-order valence-electron chi connectivity index (χ1n) is 8.86. The van der Waals surface area contributed by atoms with Gasteiger partial charge < -0.3 is 19.6 Å². The zero-order chi connectivity index (χ0) is 19.0. The normalized spacial score (nSPS) is 14.1. The minimum Gasteiger partial charge on any atom is -0.493 e. The van der Waals surface area contributed by atoms with Gasteiger partial charge in [-0.3, -0.25) is 9.69 Å². The van der Waals surface area contributed by atoms with Gasteiger partial charge in [0.1, 0.15) is 5.58 Å². The number of hydrogen-bond donors (Lipinski definition) is 1. The number of ether oxygens (including phenoxy) is 2. The highest BCUT2D eigenvalue weighted by atomic mass is 16.5.